The van der Waals surface area contributed by atoms with Crippen molar-refractivity contribution in [2.24, 2.45) is 12.8 Å². The van der Waals surface area contributed by atoms with Gasteiger partial charge in [0.2, 0.25) is 10.0 Å². The molecule has 0 saturated heterocycles. The summed E-state index contributed by atoms with van der Waals surface area (Å²) in [6.07, 6.45) is 0.300. The van der Waals surface area contributed by atoms with Crippen LogP contribution in [0.3, 0.4) is 0 Å². The van der Waals surface area contributed by atoms with Gasteiger partial charge in [0.15, 0.2) is 5.75 Å². The Morgan fingerprint density at radius 1 is 1.25 bits per heavy atom. The van der Waals surface area contributed by atoms with E-state index in [9.17, 15) is 27.5 Å². The van der Waals surface area contributed by atoms with Gasteiger partial charge in [0.05, 0.1) is 11.3 Å². The van der Waals surface area contributed by atoms with Crippen LogP contribution in [0.2, 0.25) is 0 Å². The Hall–Kier alpha value is -3.31. The van der Waals surface area contributed by atoms with Gasteiger partial charge in [0, 0.05) is 33.3 Å². The van der Waals surface area contributed by atoms with Crippen LogP contribution in [-0.4, -0.2) is 53.1 Å². The van der Waals surface area contributed by atoms with Gasteiger partial charge in [-0.1, -0.05) is 12.1 Å². The fraction of sp³-hybridized carbons (Fsp3) is 0.286. The summed E-state index contributed by atoms with van der Waals surface area (Å²) < 4.78 is 40.1. The number of aryl methyl sites for hydroxylation is 2. The molecular formula is C21H23FN4O5S. The van der Waals surface area contributed by atoms with Gasteiger partial charge < -0.3 is 15.4 Å². The minimum absolute atomic E-state index is 0.0150. The lowest BCUT2D eigenvalue weighted by molar-refractivity contribution is 0.0996. The molecule has 0 radical (unpaired) electrons. The number of carbonyl (C=O) groups excluding carboxylic acids is 1. The van der Waals surface area contributed by atoms with Crippen molar-refractivity contribution >= 4 is 27.0 Å². The fourth-order valence-electron chi connectivity index (χ4n) is 3.33. The van der Waals surface area contributed by atoms with E-state index in [-0.39, 0.29) is 29.6 Å². The summed E-state index contributed by atoms with van der Waals surface area (Å²) in [6.45, 7) is 0. The number of nitrogens with two attached hydrogens (primary N) is 1. The van der Waals surface area contributed by atoms with Gasteiger partial charge in [-0.05, 0) is 35.7 Å². The highest BCUT2D eigenvalue weighted by Crippen LogP contribution is 2.27. The molecule has 11 heteroatoms. The van der Waals surface area contributed by atoms with Crippen LogP contribution in [0.4, 0.5) is 4.39 Å². The van der Waals surface area contributed by atoms with Crippen molar-refractivity contribution in [2.45, 2.75) is 12.8 Å². The van der Waals surface area contributed by atoms with Gasteiger partial charge in [-0.15, -0.1) is 0 Å². The number of hydrogen-bond acceptors (Lipinski definition) is 6. The molecule has 3 N–H and O–H groups in total. The maximum atomic E-state index is 13.3. The van der Waals surface area contributed by atoms with E-state index in [1.54, 1.807) is 18.2 Å². The topological polar surface area (TPSA) is 136 Å². The third kappa shape index (κ3) is 4.48. The van der Waals surface area contributed by atoms with Crippen LogP contribution in [0.25, 0.3) is 11.0 Å². The van der Waals surface area contributed by atoms with E-state index in [0.29, 0.717) is 11.3 Å². The molecule has 3 rings (SSSR count). The van der Waals surface area contributed by atoms with E-state index in [2.05, 4.69) is 4.98 Å². The molecule has 0 aliphatic heterocycles. The van der Waals surface area contributed by atoms with Crippen LogP contribution < -0.4 is 11.3 Å². The maximum Gasteiger partial charge on any atom is 0.267 e. The Morgan fingerprint density at radius 3 is 2.44 bits per heavy atom. The first-order valence-electron chi connectivity index (χ1n) is 9.61. The predicted molar refractivity (Wildman–Crippen MR) is 118 cm³/mol. The van der Waals surface area contributed by atoms with Gasteiger partial charge >= 0.3 is 0 Å². The molecule has 0 unspecified atom stereocenters. The molecule has 0 bridgehead atoms. The Bertz CT molecular complexity index is 1370. The minimum Gasteiger partial charge on any atom is -0.505 e. The number of primary amides is 1. The average Bonchev–Trinajstić information content (AvgIpc) is 2.72. The fourth-order valence-corrected chi connectivity index (χ4v) is 4.15. The number of rotatable bonds is 7. The summed E-state index contributed by atoms with van der Waals surface area (Å²) >= 11 is 0. The molecule has 9 nitrogen and oxygen atoms in total. The minimum atomic E-state index is -3.54. The largest absolute Gasteiger partial charge is 0.505 e. The number of benzene rings is 1. The zero-order chi connectivity index (χ0) is 23.8. The van der Waals surface area contributed by atoms with E-state index in [1.165, 1.54) is 33.3 Å². The highest BCUT2D eigenvalue weighted by atomic mass is 32.2. The second-order valence-electron chi connectivity index (χ2n) is 7.57. The molecule has 1 aromatic carbocycles. The molecule has 0 saturated carbocycles. The monoisotopic (exact) mass is 462 g/mol. The van der Waals surface area contributed by atoms with E-state index in [4.69, 9.17) is 5.73 Å². The second-order valence-corrected chi connectivity index (χ2v) is 9.87. The molecule has 2 heterocycles. The Kier molecular flexibility index (Phi) is 6.33. The van der Waals surface area contributed by atoms with E-state index < -0.39 is 38.6 Å². The number of nitrogens with zero attached hydrogens (tertiary/aromatic N) is 3. The second kappa shape index (κ2) is 8.67. The van der Waals surface area contributed by atoms with Gasteiger partial charge in [-0.3, -0.25) is 9.59 Å². The Balaban J connectivity index is 2.22. The normalized spacial score (nSPS) is 11.9. The van der Waals surface area contributed by atoms with Crippen LogP contribution >= 0.6 is 0 Å². The molecule has 170 valence electrons. The zero-order valence-electron chi connectivity index (χ0n) is 17.8. The van der Waals surface area contributed by atoms with Crippen LogP contribution in [0, 0.1) is 5.82 Å². The SMILES string of the molecule is CN(C)S(=O)(=O)CCc1nc2c(O)c(C(N)=O)c(=O)n(C)c2cc1Cc1ccc(F)cc1. The van der Waals surface area contributed by atoms with E-state index in [1.807, 2.05) is 0 Å². The summed E-state index contributed by atoms with van der Waals surface area (Å²) in [5.74, 6) is -2.39. The van der Waals surface area contributed by atoms with Crippen molar-refractivity contribution in [2.75, 3.05) is 19.8 Å². The quantitative estimate of drug-likeness (QED) is 0.536. The summed E-state index contributed by atoms with van der Waals surface area (Å²) in [5, 5.41) is 10.5. The number of aromatic nitrogens is 2. The van der Waals surface area contributed by atoms with Crippen molar-refractivity contribution < 1.29 is 22.7 Å². The van der Waals surface area contributed by atoms with Crippen LogP contribution in [0.1, 0.15) is 27.2 Å². The molecule has 0 aliphatic carbocycles. The standard InChI is InChI=1S/C21H23FN4O5S/c1-25(2)32(30,31)9-8-15-13(10-12-4-6-14(22)7-5-12)11-16-18(24-15)19(27)17(20(23)28)21(29)26(16)3/h4-7,11,27H,8-10H2,1-3H3,(H2,23,28). The molecule has 0 fully saturated rings. The molecule has 0 atom stereocenters. The molecule has 0 aliphatic rings. The maximum absolute atomic E-state index is 13.3. The van der Waals surface area contributed by atoms with Gasteiger partial charge in [0.25, 0.3) is 11.5 Å². The van der Waals surface area contributed by atoms with Gasteiger partial charge in [0.1, 0.15) is 16.9 Å². The number of amides is 1. The first-order chi connectivity index (χ1) is 14.9. The van der Waals surface area contributed by atoms with Crippen LogP contribution in [0.5, 0.6) is 5.75 Å². The van der Waals surface area contributed by atoms with Crippen molar-refractivity contribution in [1.82, 2.24) is 13.9 Å². The highest BCUT2D eigenvalue weighted by molar-refractivity contribution is 7.89. The van der Waals surface area contributed by atoms with E-state index >= 15 is 0 Å². The highest BCUT2D eigenvalue weighted by Gasteiger charge is 2.23. The molecule has 1 amide bonds. The summed E-state index contributed by atoms with van der Waals surface area (Å²) in [7, 11) is 0.713. The van der Waals surface area contributed by atoms with Crippen molar-refractivity contribution in [1.29, 1.82) is 0 Å². The first kappa shape index (κ1) is 23.4. The first-order valence-corrected chi connectivity index (χ1v) is 11.2. The lowest BCUT2D eigenvalue weighted by atomic mass is 10.0. The molecular weight excluding hydrogens is 439 g/mol. The number of hydrogen-bond donors (Lipinski definition) is 2. The number of fused-ring (bicyclic) bond motifs is 1. The number of sulfonamides is 1. The molecule has 3 aromatic rings. The Labute approximate surface area is 184 Å². The van der Waals surface area contributed by atoms with E-state index in [0.717, 1.165) is 14.4 Å². The molecule has 2 aromatic heterocycles. The summed E-state index contributed by atoms with van der Waals surface area (Å²) in [5.41, 5.74) is 5.78. The lowest BCUT2D eigenvalue weighted by Gasteiger charge is -2.16. The van der Waals surface area contributed by atoms with Gasteiger partial charge in [-0.25, -0.2) is 22.1 Å². The third-order valence-corrected chi connectivity index (χ3v) is 7.05. The number of aromatic hydroxyl groups is 1. The van der Waals surface area contributed by atoms with Crippen LogP contribution in [-0.2, 0) is 29.9 Å². The average molecular weight is 463 g/mol. The molecule has 32 heavy (non-hydrogen) atoms. The number of carbonyl (C=O) groups is 1. The number of halogens is 1. The predicted octanol–water partition coefficient (Wildman–Crippen LogP) is 0.902. The van der Waals surface area contributed by atoms with Gasteiger partial charge in [-0.2, -0.15) is 0 Å². The van der Waals surface area contributed by atoms with Crippen molar-refractivity contribution in [3.8, 4) is 5.75 Å². The molecule has 0 spiro atoms. The summed E-state index contributed by atoms with van der Waals surface area (Å²) in [4.78, 5) is 28.6. The van der Waals surface area contributed by atoms with Crippen LogP contribution in [0.15, 0.2) is 35.1 Å². The number of pyridine rings is 2. The smallest absolute Gasteiger partial charge is 0.267 e. The third-order valence-electron chi connectivity index (χ3n) is 5.22. The lowest BCUT2D eigenvalue weighted by Crippen LogP contribution is -2.29. The van der Waals surface area contributed by atoms with Crippen molar-refractivity contribution in [3.63, 3.8) is 0 Å². The van der Waals surface area contributed by atoms with Crippen molar-refractivity contribution in [3.05, 3.63) is 68.9 Å². The zero-order valence-corrected chi connectivity index (χ0v) is 18.6. The Morgan fingerprint density at radius 2 is 1.88 bits per heavy atom. The summed E-state index contributed by atoms with van der Waals surface area (Å²) in [6, 6.07) is 7.40.